The summed E-state index contributed by atoms with van der Waals surface area (Å²) in [6, 6.07) is 2.74. The van der Waals surface area contributed by atoms with Gasteiger partial charge >= 0.3 is 12.1 Å². The Bertz CT molecular complexity index is 1240. The summed E-state index contributed by atoms with van der Waals surface area (Å²) in [5.74, 6) is -1.07. The molecule has 3 heterocycles. The molecule has 0 unspecified atom stereocenters. The van der Waals surface area contributed by atoms with Crippen molar-refractivity contribution in [1.82, 2.24) is 24.6 Å². The van der Waals surface area contributed by atoms with Crippen molar-refractivity contribution in [2.45, 2.75) is 50.9 Å². The van der Waals surface area contributed by atoms with Crippen molar-refractivity contribution < 1.29 is 23.1 Å². The number of nitrogens with one attached hydrogen (secondary N) is 1. The Kier molecular flexibility index (Phi) is 5.67. The van der Waals surface area contributed by atoms with Gasteiger partial charge in [0.2, 0.25) is 5.95 Å². The molecule has 1 fully saturated rings. The largest absolute Gasteiger partial charge is 0.481 e. The van der Waals surface area contributed by atoms with Crippen LogP contribution >= 0.6 is 0 Å². The van der Waals surface area contributed by atoms with E-state index in [4.69, 9.17) is 0 Å². The Morgan fingerprint density at radius 2 is 2.06 bits per heavy atom. The molecule has 2 atom stereocenters. The molecule has 0 radical (unpaired) electrons. The number of alkyl halides is 3. The maximum atomic E-state index is 13.8. The van der Waals surface area contributed by atoms with E-state index in [1.165, 1.54) is 0 Å². The lowest BCUT2D eigenvalue weighted by molar-refractivity contribution is -0.143. The number of carbonyl (C=O) groups is 1. The number of carboxylic acid groups (broad SMARTS) is 1. The predicted octanol–water partition coefficient (Wildman–Crippen LogP) is 4.39. The molecule has 3 aromatic rings. The molecule has 0 bridgehead atoms. The summed E-state index contributed by atoms with van der Waals surface area (Å²) < 4.78 is 43.1. The predicted molar refractivity (Wildman–Crippen MR) is 119 cm³/mol. The number of nitrogens with zero attached hydrogens (tertiary/aromatic N) is 5. The van der Waals surface area contributed by atoms with Crippen LogP contribution in [-0.2, 0) is 23.9 Å². The minimum absolute atomic E-state index is 0.105. The fourth-order valence-electron chi connectivity index (χ4n) is 5.07. The number of rotatable bonds is 4. The van der Waals surface area contributed by atoms with Crippen LogP contribution in [0, 0.1) is 5.92 Å². The van der Waals surface area contributed by atoms with Crippen LogP contribution in [0.15, 0.2) is 24.5 Å². The van der Waals surface area contributed by atoms with Gasteiger partial charge in [0.25, 0.3) is 0 Å². The van der Waals surface area contributed by atoms with Crippen molar-refractivity contribution in [3.05, 3.63) is 41.2 Å². The normalized spacial score (nSPS) is 21.4. The zero-order valence-corrected chi connectivity index (χ0v) is 18.6. The second-order valence-electron chi connectivity index (χ2n) is 9.19. The number of likely N-dealkylation sites (N-methyl/N-ethyl adjacent to an activating group) is 1. The second kappa shape index (κ2) is 8.53. The Morgan fingerprint density at radius 3 is 2.82 bits per heavy atom. The van der Waals surface area contributed by atoms with E-state index in [0.717, 1.165) is 18.9 Å². The van der Waals surface area contributed by atoms with E-state index in [1.54, 1.807) is 23.1 Å². The highest BCUT2D eigenvalue weighted by molar-refractivity contribution is 5.75. The number of carboxylic acids is 1. The van der Waals surface area contributed by atoms with Gasteiger partial charge in [0.15, 0.2) is 5.65 Å². The summed E-state index contributed by atoms with van der Waals surface area (Å²) >= 11 is 0. The first-order valence-corrected chi connectivity index (χ1v) is 11.3. The van der Waals surface area contributed by atoms with E-state index in [9.17, 15) is 23.1 Å². The smallest absolute Gasteiger partial charge is 0.416 e. The van der Waals surface area contributed by atoms with Gasteiger partial charge in [0.05, 0.1) is 29.1 Å². The van der Waals surface area contributed by atoms with Gasteiger partial charge in [-0.3, -0.25) is 4.79 Å². The summed E-state index contributed by atoms with van der Waals surface area (Å²) in [7, 11) is 1.88. The fourth-order valence-corrected chi connectivity index (χ4v) is 5.07. The van der Waals surface area contributed by atoms with Crippen molar-refractivity contribution >= 4 is 28.6 Å². The van der Waals surface area contributed by atoms with Crippen LogP contribution in [0.25, 0.3) is 11.0 Å². The first kappa shape index (κ1) is 22.6. The molecule has 34 heavy (non-hydrogen) atoms. The van der Waals surface area contributed by atoms with E-state index in [0.29, 0.717) is 54.5 Å². The average molecular weight is 474 g/mol. The lowest BCUT2D eigenvalue weighted by Gasteiger charge is -2.28. The highest BCUT2D eigenvalue weighted by Crippen LogP contribution is 2.38. The molecule has 0 saturated heterocycles. The molecule has 1 aromatic carbocycles. The van der Waals surface area contributed by atoms with Crippen molar-refractivity contribution in [2.75, 3.05) is 18.9 Å². The number of benzene rings is 1. The number of fused-ring (bicyclic) bond motifs is 2. The average Bonchev–Trinajstić information content (AvgIpc) is 3.21. The van der Waals surface area contributed by atoms with Gasteiger partial charge in [-0.2, -0.15) is 23.3 Å². The summed E-state index contributed by atoms with van der Waals surface area (Å²) in [5.41, 5.74) is 1.15. The molecule has 11 heteroatoms. The molecular formula is C23H25F3N6O2. The van der Waals surface area contributed by atoms with Crippen molar-refractivity contribution in [1.29, 1.82) is 0 Å². The summed E-state index contributed by atoms with van der Waals surface area (Å²) in [5, 5.41) is 17.5. The van der Waals surface area contributed by atoms with Crippen molar-refractivity contribution in [3.63, 3.8) is 0 Å². The summed E-state index contributed by atoms with van der Waals surface area (Å²) in [4.78, 5) is 22.2. The number of aromatic nitrogens is 4. The Morgan fingerprint density at radius 1 is 1.24 bits per heavy atom. The van der Waals surface area contributed by atoms with E-state index in [-0.39, 0.29) is 17.7 Å². The van der Waals surface area contributed by atoms with Crippen molar-refractivity contribution in [2.24, 2.45) is 5.92 Å². The minimum atomic E-state index is -4.46. The first-order chi connectivity index (χ1) is 16.2. The van der Waals surface area contributed by atoms with Gasteiger partial charge in [-0.05, 0) is 56.0 Å². The molecule has 2 aromatic heterocycles. The molecule has 2 N–H and O–H groups in total. The van der Waals surface area contributed by atoms with Crippen molar-refractivity contribution in [3.8, 4) is 0 Å². The standard InChI is InChI=1S/C23H25F3N6O2/c1-31-6-5-18-14(12-31)7-16(9-19(18)23(24,25)26)29-22-27-10-15-11-28-32(20(15)30-22)17-4-2-3-13(8-17)21(33)34/h7,9-11,13,17H,2-6,8,12H2,1H3,(H,33,34)(H,27,29,30)/t13-,17-/m1/s1. The molecule has 1 aliphatic heterocycles. The lowest BCUT2D eigenvalue weighted by atomic mass is 9.86. The van der Waals surface area contributed by atoms with Gasteiger partial charge in [-0.1, -0.05) is 6.42 Å². The van der Waals surface area contributed by atoms with Gasteiger partial charge in [-0.25, -0.2) is 9.67 Å². The second-order valence-corrected chi connectivity index (χ2v) is 9.19. The fraction of sp³-hybridized carbons (Fsp3) is 0.478. The van der Waals surface area contributed by atoms with Crippen LogP contribution in [-0.4, -0.2) is 49.3 Å². The maximum absolute atomic E-state index is 13.8. The summed E-state index contributed by atoms with van der Waals surface area (Å²) in [6.07, 6.45) is 1.77. The molecule has 5 rings (SSSR count). The van der Waals surface area contributed by atoms with E-state index in [2.05, 4.69) is 20.4 Å². The monoisotopic (exact) mass is 474 g/mol. The quantitative estimate of drug-likeness (QED) is 0.579. The highest BCUT2D eigenvalue weighted by atomic mass is 19.4. The van der Waals surface area contributed by atoms with Crippen LogP contribution in [0.1, 0.15) is 48.4 Å². The molecule has 0 amide bonds. The number of hydrogen-bond donors (Lipinski definition) is 2. The molecular weight excluding hydrogens is 449 g/mol. The van der Waals surface area contributed by atoms with E-state index < -0.39 is 23.6 Å². The molecule has 0 spiro atoms. The van der Waals surface area contributed by atoms with Gasteiger partial charge in [0, 0.05) is 25.0 Å². The Balaban J connectivity index is 1.47. The molecule has 8 nitrogen and oxygen atoms in total. The number of hydrogen-bond acceptors (Lipinski definition) is 6. The van der Waals surface area contributed by atoms with E-state index in [1.807, 2.05) is 11.9 Å². The molecule has 1 saturated carbocycles. The topological polar surface area (TPSA) is 96.2 Å². The van der Waals surface area contributed by atoms with Crippen LogP contribution in [0.2, 0.25) is 0 Å². The highest BCUT2D eigenvalue weighted by Gasteiger charge is 2.36. The minimum Gasteiger partial charge on any atom is -0.481 e. The number of aliphatic carboxylic acids is 1. The van der Waals surface area contributed by atoms with E-state index >= 15 is 0 Å². The SMILES string of the molecule is CN1CCc2c(cc(Nc3ncc4cnn([C@@H]5CCC[C@@H](C(=O)O)C5)c4n3)cc2C(F)(F)F)C1. The third kappa shape index (κ3) is 4.31. The third-order valence-corrected chi connectivity index (χ3v) is 6.76. The summed E-state index contributed by atoms with van der Waals surface area (Å²) in [6.45, 7) is 1.02. The van der Waals surface area contributed by atoms with Gasteiger partial charge in [-0.15, -0.1) is 0 Å². The van der Waals surface area contributed by atoms with Gasteiger partial charge < -0.3 is 15.3 Å². The van der Waals surface area contributed by atoms with Gasteiger partial charge in [0.1, 0.15) is 0 Å². The van der Waals surface area contributed by atoms with Crippen LogP contribution in [0.3, 0.4) is 0 Å². The number of anilines is 2. The Hall–Kier alpha value is -3.21. The van der Waals surface area contributed by atoms with Crippen LogP contribution in [0.4, 0.5) is 24.8 Å². The maximum Gasteiger partial charge on any atom is 0.416 e. The van der Waals surface area contributed by atoms with Crippen LogP contribution < -0.4 is 5.32 Å². The molecule has 2 aliphatic rings. The molecule has 180 valence electrons. The Labute approximate surface area is 193 Å². The zero-order chi connectivity index (χ0) is 24.0. The van der Waals surface area contributed by atoms with Crippen LogP contribution in [0.5, 0.6) is 0 Å². The third-order valence-electron chi connectivity index (χ3n) is 6.76. The molecule has 1 aliphatic carbocycles. The number of halogens is 3. The lowest BCUT2D eigenvalue weighted by Crippen LogP contribution is -2.28. The first-order valence-electron chi connectivity index (χ1n) is 11.3. The zero-order valence-electron chi connectivity index (χ0n) is 18.6.